The Morgan fingerprint density at radius 3 is 3.00 bits per heavy atom. The van der Waals surface area contributed by atoms with Gasteiger partial charge in [0.25, 0.3) is 0 Å². The summed E-state index contributed by atoms with van der Waals surface area (Å²) in [5.41, 5.74) is 1.40. The highest BCUT2D eigenvalue weighted by atomic mass is 35.5. The molecule has 0 bridgehead atoms. The Bertz CT molecular complexity index is 216. The Kier molecular flexibility index (Phi) is 4.41. The minimum absolute atomic E-state index is 0.554. The fourth-order valence-corrected chi connectivity index (χ4v) is 2.10. The van der Waals surface area contributed by atoms with E-state index in [2.05, 4.69) is 23.4 Å². The van der Waals surface area contributed by atoms with Gasteiger partial charge in [0, 0.05) is 5.88 Å². The highest BCUT2D eigenvalue weighted by Crippen LogP contribution is 2.16. The second kappa shape index (κ2) is 5.39. The first kappa shape index (κ1) is 9.82. The SMILES string of the molecule is C=CCC(CCl)Cc1ccsc1. The molecule has 1 aromatic heterocycles. The fourth-order valence-electron chi connectivity index (χ4n) is 1.18. The summed E-state index contributed by atoms with van der Waals surface area (Å²) in [6, 6.07) is 2.16. The number of halogens is 1. The molecule has 0 saturated carbocycles. The van der Waals surface area contributed by atoms with Crippen molar-refractivity contribution in [3.05, 3.63) is 35.0 Å². The molecule has 0 amide bonds. The molecule has 0 aliphatic rings. The lowest BCUT2D eigenvalue weighted by Gasteiger charge is -2.09. The molecule has 0 aliphatic carbocycles. The minimum Gasteiger partial charge on any atom is -0.152 e. The lowest BCUT2D eigenvalue weighted by molar-refractivity contribution is 0.598. The lowest BCUT2D eigenvalue weighted by Crippen LogP contribution is -2.04. The standard InChI is InChI=1S/C10H13ClS/c1-2-3-9(7-11)6-10-4-5-12-8-10/h2,4-5,8-9H,1,3,6-7H2. The summed E-state index contributed by atoms with van der Waals surface area (Å²) in [6.07, 6.45) is 4.04. The van der Waals surface area contributed by atoms with Crippen LogP contribution in [0.3, 0.4) is 0 Å². The van der Waals surface area contributed by atoms with Gasteiger partial charge < -0.3 is 0 Å². The summed E-state index contributed by atoms with van der Waals surface area (Å²) in [4.78, 5) is 0. The molecule has 1 atom stereocenters. The van der Waals surface area contributed by atoms with E-state index < -0.39 is 0 Å². The Morgan fingerprint density at radius 2 is 2.50 bits per heavy atom. The predicted octanol–water partition coefficient (Wildman–Crippen LogP) is 3.72. The predicted molar refractivity (Wildman–Crippen MR) is 57.0 cm³/mol. The van der Waals surface area contributed by atoms with Crippen LogP contribution in [0.25, 0.3) is 0 Å². The average Bonchev–Trinajstić information content (AvgIpc) is 2.56. The molecule has 2 heteroatoms. The van der Waals surface area contributed by atoms with Crippen molar-refractivity contribution in [3.63, 3.8) is 0 Å². The molecule has 0 nitrogen and oxygen atoms in total. The summed E-state index contributed by atoms with van der Waals surface area (Å²) >= 11 is 7.56. The van der Waals surface area contributed by atoms with Gasteiger partial charge in [0.05, 0.1) is 0 Å². The van der Waals surface area contributed by atoms with Gasteiger partial charge in [-0.05, 0) is 41.1 Å². The molecule has 0 N–H and O–H groups in total. The van der Waals surface area contributed by atoms with Crippen molar-refractivity contribution in [2.75, 3.05) is 5.88 Å². The first-order valence-electron chi connectivity index (χ1n) is 4.04. The van der Waals surface area contributed by atoms with E-state index in [0.717, 1.165) is 18.7 Å². The van der Waals surface area contributed by atoms with Gasteiger partial charge in [-0.1, -0.05) is 6.08 Å². The minimum atomic E-state index is 0.554. The molecule has 0 radical (unpaired) electrons. The zero-order valence-corrected chi connectivity index (χ0v) is 8.57. The van der Waals surface area contributed by atoms with Crippen LogP contribution >= 0.6 is 22.9 Å². The second-order valence-corrected chi connectivity index (χ2v) is 3.97. The molecule has 1 rings (SSSR count). The monoisotopic (exact) mass is 200 g/mol. The van der Waals surface area contributed by atoms with E-state index in [-0.39, 0.29) is 0 Å². The van der Waals surface area contributed by atoms with Crippen LogP contribution in [0.5, 0.6) is 0 Å². The largest absolute Gasteiger partial charge is 0.152 e. The normalized spacial score (nSPS) is 12.8. The number of hydrogen-bond acceptors (Lipinski definition) is 1. The quantitative estimate of drug-likeness (QED) is 0.502. The molecular formula is C10H13ClS. The topological polar surface area (TPSA) is 0 Å². The first-order valence-corrected chi connectivity index (χ1v) is 5.52. The van der Waals surface area contributed by atoms with Crippen LogP contribution in [0.2, 0.25) is 0 Å². The molecule has 12 heavy (non-hydrogen) atoms. The maximum absolute atomic E-state index is 5.82. The molecule has 1 unspecified atom stereocenters. The zero-order valence-electron chi connectivity index (χ0n) is 7.00. The second-order valence-electron chi connectivity index (χ2n) is 2.88. The Hall–Kier alpha value is -0.270. The Morgan fingerprint density at radius 1 is 1.67 bits per heavy atom. The summed E-state index contributed by atoms with van der Waals surface area (Å²) in [5.74, 6) is 1.28. The highest BCUT2D eigenvalue weighted by molar-refractivity contribution is 7.07. The van der Waals surface area contributed by atoms with Crippen LogP contribution in [0.15, 0.2) is 29.5 Å². The fraction of sp³-hybridized carbons (Fsp3) is 0.400. The molecule has 66 valence electrons. The van der Waals surface area contributed by atoms with Crippen LogP contribution in [-0.4, -0.2) is 5.88 Å². The van der Waals surface area contributed by atoms with E-state index in [4.69, 9.17) is 11.6 Å². The summed E-state index contributed by atoms with van der Waals surface area (Å²) in [5, 5.41) is 4.29. The summed E-state index contributed by atoms with van der Waals surface area (Å²) in [6.45, 7) is 3.72. The number of thiophene rings is 1. The van der Waals surface area contributed by atoms with E-state index in [9.17, 15) is 0 Å². The molecule has 0 saturated heterocycles. The molecule has 0 aromatic carbocycles. The van der Waals surface area contributed by atoms with E-state index in [0.29, 0.717) is 5.92 Å². The highest BCUT2D eigenvalue weighted by Gasteiger charge is 2.06. The number of rotatable bonds is 5. The molecule has 0 fully saturated rings. The smallest absolute Gasteiger partial charge is 0.0257 e. The molecule has 0 spiro atoms. The summed E-state index contributed by atoms with van der Waals surface area (Å²) < 4.78 is 0. The Balaban J connectivity index is 2.42. The Labute approximate surface area is 82.9 Å². The molecule has 1 heterocycles. The van der Waals surface area contributed by atoms with Gasteiger partial charge in [0.2, 0.25) is 0 Å². The first-order chi connectivity index (χ1) is 5.86. The maximum Gasteiger partial charge on any atom is 0.0257 e. The molecular weight excluding hydrogens is 188 g/mol. The maximum atomic E-state index is 5.82. The number of allylic oxidation sites excluding steroid dienone is 1. The van der Waals surface area contributed by atoms with Crippen LogP contribution in [0.1, 0.15) is 12.0 Å². The van der Waals surface area contributed by atoms with Crippen molar-refractivity contribution >= 4 is 22.9 Å². The van der Waals surface area contributed by atoms with Crippen molar-refractivity contribution in [2.24, 2.45) is 5.92 Å². The molecule has 1 aromatic rings. The van der Waals surface area contributed by atoms with E-state index in [1.807, 2.05) is 6.08 Å². The van der Waals surface area contributed by atoms with Gasteiger partial charge >= 0.3 is 0 Å². The third-order valence-corrected chi connectivity index (χ3v) is 2.99. The van der Waals surface area contributed by atoms with E-state index >= 15 is 0 Å². The number of alkyl halides is 1. The van der Waals surface area contributed by atoms with Crippen molar-refractivity contribution in [1.29, 1.82) is 0 Å². The van der Waals surface area contributed by atoms with Crippen LogP contribution < -0.4 is 0 Å². The molecule has 0 aliphatic heterocycles. The van der Waals surface area contributed by atoms with E-state index in [1.54, 1.807) is 11.3 Å². The van der Waals surface area contributed by atoms with Gasteiger partial charge in [-0.25, -0.2) is 0 Å². The average molecular weight is 201 g/mol. The lowest BCUT2D eigenvalue weighted by atomic mass is 10.0. The van der Waals surface area contributed by atoms with Gasteiger partial charge in [-0.3, -0.25) is 0 Å². The van der Waals surface area contributed by atoms with Gasteiger partial charge in [0.15, 0.2) is 0 Å². The number of hydrogen-bond donors (Lipinski definition) is 0. The van der Waals surface area contributed by atoms with Gasteiger partial charge in [-0.15, -0.1) is 18.2 Å². The van der Waals surface area contributed by atoms with Crippen LogP contribution in [-0.2, 0) is 6.42 Å². The van der Waals surface area contributed by atoms with Crippen LogP contribution in [0.4, 0.5) is 0 Å². The van der Waals surface area contributed by atoms with Crippen molar-refractivity contribution in [1.82, 2.24) is 0 Å². The zero-order chi connectivity index (χ0) is 8.81. The van der Waals surface area contributed by atoms with Crippen LogP contribution in [0, 0.1) is 5.92 Å². The third kappa shape index (κ3) is 3.00. The van der Waals surface area contributed by atoms with E-state index in [1.165, 1.54) is 5.56 Å². The van der Waals surface area contributed by atoms with Crippen molar-refractivity contribution in [3.8, 4) is 0 Å². The van der Waals surface area contributed by atoms with Gasteiger partial charge in [0.1, 0.15) is 0 Å². The van der Waals surface area contributed by atoms with Gasteiger partial charge in [-0.2, -0.15) is 11.3 Å². The van der Waals surface area contributed by atoms with Crippen molar-refractivity contribution in [2.45, 2.75) is 12.8 Å². The third-order valence-electron chi connectivity index (χ3n) is 1.82. The van der Waals surface area contributed by atoms with Crippen molar-refractivity contribution < 1.29 is 0 Å². The summed E-state index contributed by atoms with van der Waals surface area (Å²) in [7, 11) is 0.